The van der Waals surface area contributed by atoms with Crippen LogP contribution < -0.4 is 0 Å². The molecule has 4 heteroatoms. The van der Waals surface area contributed by atoms with Gasteiger partial charge in [-0.05, 0) is 50.2 Å². The van der Waals surface area contributed by atoms with Crippen molar-refractivity contribution < 1.29 is 4.79 Å². The molecule has 138 valence electrons. The van der Waals surface area contributed by atoms with Gasteiger partial charge in [0.15, 0.2) is 5.69 Å². The Morgan fingerprint density at radius 2 is 1.85 bits per heavy atom. The first-order valence-electron chi connectivity index (χ1n) is 9.85. The lowest BCUT2D eigenvalue weighted by molar-refractivity contribution is 0.0764. The van der Waals surface area contributed by atoms with Gasteiger partial charge in [-0.25, -0.2) is 4.68 Å². The van der Waals surface area contributed by atoms with Crippen molar-refractivity contribution in [2.24, 2.45) is 5.41 Å². The van der Waals surface area contributed by atoms with Crippen LogP contribution in [-0.2, 0) is 5.41 Å². The number of hydrogen-bond donors (Lipinski definition) is 0. The Hall–Kier alpha value is -2.10. The molecule has 26 heavy (non-hydrogen) atoms. The van der Waals surface area contributed by atoms with Gasteiger partial charge in [0, 0.05) is 24.1 Å². The van der Waals surface area contributed by atoms with Gasteiger partial charge in [0.25, 0.3) is 5.91 Å². The molecule has 4 nitrogen and oxygen atoms in total. The van der Waals surface area contributed by atoms with Crippen LogP contribution in [0.3, 0.4) is 0 Å². The van der Waals surface area contributed by atoms with Crippen molar-refractivity contribution in [3.8, 4) is 5.69 Å². The molecule has 1 aromatic heterocycles. The molecule has 2 bridgehead atoms. The Kier molecular flexibility index (Phi) is 3.80. The molecule has 1 fully saturated rings. The van der Waals surface area contributed by atoms with E-state index in [0.29, 0.717) is 24.7 Å². The SMILES string of the molecule is CCN(CC)C(=O)c1nn(-c2ccccc2)c2c1[C@H]1CC[C@]2(C)C1(C)C. The number of rotatable bonds is 4. The van der Waals surface area contributed by atoms with Crippen LogP contribution in [0.15, 0.2) is 30.3 Å². The number of carbonyl (C=O) groups is 1. The summed E-state index contributed by atoms with van der Waals surface area (Å²) in [6.45, 7) is 12.6. The molecule has 1 amide bonds. The van der Waals surface area contributed by atoms with Gasteiger partial charge in [0.2, 0.25) is 0 Å². The molecule has 0 spiro atoms. The molecule has 0 saturated heterocycles. The highest BCUT2D eigenvalue weighted by Crippen LogP contribution is 2.68. The molecule has 0 radical (unpaired) electrons. The number of nitrogens with zero attached hydrogens (tertiary/aromatic N) is 3. The van der Waals surface area contributed by atoms with Crippen LogP contribution in [0.5, 0.6) is 0 Å². The molecule has 4 rings (SSSR count). The van der Waals surface area contributed by atoms with Crippen LogP contribution in [0.25, 0.3) is 5.69 Å². The summed E-state index contributed by atoms with van der Waals surface area (Å²) in [4.78, 5) is 15.1. The number of amides is 1. The van der Waals surface area contributed by atoms with E-state index in [0.717, 1.165) is 18.5 Å². The summed E-state index contributed by atoms with van der Waals surface area (Å²) in [6, 6.07) is 10.3. The molecule has 1 aromatic carbocycles. The molecule has 1 saturated carbocycles. The van der Waals surface area contributed by atoms with Crippen molar-refractivity contribution in [1.29, 1.82) is 0 Å². The summed E-state index contributed by atoms with van der Waals surface area (Å²) in [5.74, 6) is 0.488. The molecule has 2 atom stereocenters. The molecule has 0 N–H and O–H groups in total. The number of carbonyl (C=O) groups excluding carboxylic acids is 1. The second kappa shape index (κ2) is 5.70. The van der Waals surface area contributed by atoms with Crippen LogP contribution in [0.4, 0.5) is 0 Å². The van der Waals surface area contributed by atoms with Crippen molar-refractivity contribution in [1.82, 2.24) is 14.7 Å². The van der Waals surface area contributed by atoms with Crippen molar-refractivity contribution >= 4 is 5.91 Å². The summed E-state index contributed by atoms with van der Waals surface area (Å²) in [5, 5.41) is 4.90. The Balaban J connectivity index is 1.97. The summed E-state index contributed by atoms with van der Waals surface area (Å²) in [6.07, 6.45) is 2.31. The fourth-order valence-corrected chi connectivity index (χ4v) is 5.30. The van der Waals surface area contributed by atoms with Crippen LogP contribution in [0, 0.1) is 5.41 Å². The van der Waals surface area contributed by atoms with Gasteiger partial charge in [0.05, 0.1) is 11.4 Å². The third-order valence-corrected chi connectivity index (χ3v) is 7.27. The average Bonchev–Trinajstić information content (AvgIpc) is 3.19. The first kappa shape index (κ1) is 17.3. The zero-order valence-corrected chi connectivity index (χ0v) is 16.5. The minimum Gasteiger partial charge on any atom is -0.338 e. The van der Waals surface area contributed by atoms with Crippen molar-refractivity contribution in [3.63, 3.8) is 0 Å². The van der Waals surface area contributed by atoms with Gasteiger partial charge in [0.1, 0.15) is 0 Å². The van der Waals surface area contributed by atoms with Crippen LogP contribution in [0.1, 0.15) is 75.1 Å². The third-order valence-electron chi connectivity index (χ3n) is 7.27. The van der Waals surface area contributed by atoms with E-state index in [1.807, 2.05) is 36.9 Å². The van der Waals surface area contributed by atoms with E-state index in [1.54, 1.807) is 0 Å². The van der Waals surface area contributed by atoms with Gasteiger partial charge in [-0.2, -0.15) is 5.10 Å². The normalized spacial score (nSPS) is 25.3. The van der Waals surface area contributed by atoms with Crippen LogP contribution >= 0.6 is 0 Å². The third kappa shape index (κ3) is 2.02. The predicted octanol–water partition coefficient (Wildman–Crippen LogP) is 4.53. The van der Waals surface area contributed by atoms with E-state index in [2.05, 4.69) is 37.6 Å². The fourth-order valence-electron chi connectivity index (χ4n) is 5.30. The number of para-hydroxylation sites is 1. The highest BCUT2D eigenvalue weighted by atomic mass is 16.2. The van der Waals surface area contributed by atoms with Gasteiger partial charge < -0.3 is 4.90 Å². The first-order valence-corrected chi connectivity index (χ1v) is 9.85. The maximum absolute atomic E-state index is 13.3. The van der Waals surface area contributed by atoms with E-state index < -0.39 is 0 Å². The highest BCUT2D eigenvalue weighted by molar-refractivity contribution is 5.95. The molecule has 1 heterocycles. The van der Waals surface area contributed by atoms with Crippen molar-refractivity contribution in [2.45, 2.75) is 58.8 Å². The quantitative estimate of drug-likeness (QED) is 0.812. The van der Waals surface area contributed by atoms with E-state index in [-0.39, 0.29) is 16.7 Å². The summed E-state index contributed by atoms with van der Waals surface area (Å²) < 4.78 is 2.06. The second-order valence-corrected chi connectivity index (χ2v) is 8.48. The zero-order valence-electron chi connectivity index (χ0n) is 16.5. The standard InChI is InChI=1S/C22H29N3O/c1-6-24(7-2)20(26)18-17-16-13-14-22(5,21(16,3)4)19(17)25(23-18)15-11-9-8-10-12-15/h8-12,16H,6-7,13-14H2,1-5H3/t16-,22+/m1/s1. The summed E-state index contributed by atoms with van der Waals surface area (Å²) in [7, 11) is 0. The molecule has 0 unspecified atom stereocenters. The van der Waals surface area contributed by atoms with E-state index in [9.17, 15) is 4.79 Å². The summed E-state index contributed by atoms with van der Waals surface area (Å²) >= 11 is 0. The molecular weight excluding hydrogens is 322 g/mol. The minimum absolute atomic E-state index is 0.0532. The maximum Gasteiger partial charge on any atom is 0.274 e. The topological polar surface area (TPSA) is 38.1 Å². The largest absolute Gasteiger partial charge is 0.338 e. The molecule has 2 aliphatic carbocycles. The van der Waals surface area contributed by atoms with Gasteiger partial charge in [-0.15, -0.1) is 0 Å². The predicted molar refractivity (Wildman–Crippen MR) is 104 cm³/mol. The maximum atomic E-state index is 13.3. The Bertz CT molecular complexity index is 848. The number of aromatic nitrogens is 2. The lowest BCUT2D eigenvalue weighted by atomic mass is 9.70. The lowest BCUT2D eigenvalue weighted by Crippen LogP contribution is -2.34. The minimum atomic E-state index is 0.0532. The Labute approximate surface area is 156 Å². The van der Waals surface area contributed by atoms with E-state index >= 15 is 0 Å². The number of hydrogen-bond acceptors (Lipinski definition) is 2. The van der Waals surface area contributed by atoms with Crippen LogP contribution in [0.2, 0.25) is 0 Å². The molecular formula is C22H29N3O. The van der Waals surface area contributed by atoms with Gasteiger partial charge in [-0.1, -0.05) is 39.0 Å². The number of benzene rings is 1. The first-order chi connectivity index (χ1) is 12.4. The van der Waals surface area contributed by atoms with E-state index in [4.69, 9.17) is 5.10 Å². The van der Waals surface area contributed by atoms with Crippen molar-refractivity contribution in [3.05, 3.63) is 47.3 Å². The summed E-state index contributed by atoms with van der Waals surface area (Å²) in [5.41, 5.74) is 4.40. The molecule has 0 aliphatic heterocycles. The highest BCUT2D eigenvalue weighted by Gasteiger charge is 2.63. The van der Waals surface area contributed by atoms with Gasteiger partial charge >= 0.3 is 0 Å². The Morgan fingerprint density at radius 3 is 2.46 bits per heavy atom. The Morgan fingerprint density at radius 1 is 1.19 bits per heavy atom. The molecule has 2 aromatic rings. The van der Waals surface area contributed by atoms with Crippen LogP contribution in [-0.4, -0.2) is 33.7 Å². The zero-order chi connectivity index (χ0) is 18.7. The average molecular weight is 351 g/mol. The smallest absolute Gasteiger partial charge is 0.274 e. The molecule has 2 aliphatic rings. The van der Waals surface area contributed by atoms with Crippen molar-refractivity contribution in [2.75, 3.05) is 13.1 Å². The lowest BCUT2D eigenvalue weighted by Gasteiger charge is -2.35. The second-order valence-electron chi connectivity index (χ2n) is 8.48. The fraction of sp³-hybridized carbons (Fsp3) is 0.545. The number of fused-ring (bicyclic) bond motifs is 5. The van der Waals surface area contributed by atoms with E-state index in [1.165, 1.54) is 11.3 Å². The van der Waals surface area contributed by atoms with Gasteiger partial charge in [-0.3, -0.25) is 4.79 Å². The monoisotopic (exact) mass is 351 g/mol.